The molecule has 2 rings (SSSR count). The number of nitrogens with one attached hydrogen (secondary N) is 1. The van der Waals surface area contributed by atoms with Crippen molar-refractivity contribution in [3.8, 4) is 5.75 Å². The number of carbonyl (C=O) groups excluding carboxylic acids is 1. The molecule has 4 heteroatoms. The Kier molecular flexibility index (Phi) is 6.46. The fourth-order valence-electron chi connectivity index (χ4n) is 3.29. The Bertz CT molecular complexity index is 508. The maximum absolute atomic E-state index is 12.5. The topological polar surface area (TPSA) is 41.6 Å². The highest BCUT2D eigenvalue weighted by atomic mass is 16.5. The van der Waals surface area contributed by atoms with Crippen LogP contribution >= 0.6 is 0 Å². The fourth-order valence-corrected chi connectivity index (χ4v) is 3.29. The molecule has 23 heavy (non-hydrogen) atoms. The van der Waals surface area contributed by atoms with Gasteiger partial charge in [0.2, 0.25) is 0 Å². The second-order valence-electron chi connectivity index (χ2n) is 6.74. The van der Waals surface area contributed by atoms with Gasteiger partial charge in [-0.25, -0.2) is 0 Å². The molecule has 0 aromatic heterocycles. The minimum Gasteiger partial charge on any atom is -0.494 e. The van der Waals surface area contributed by atoms with Crippen molar-refractivity contribution in [2.75, 3.05) is 27.2 Å². The highest BCUT2D eigenvalue weighted by Crippen LogP contribution is 2.31. The summed E-state index contributed by atoms with van der Waals surface area (Å²) in [7, 11) is 4.24. The summed E-state index contributed by atoms with van der Waals surface area (Å²) in [5.41, 5.74) is 0.771. The molecule has 128 valence electrons. The third-order valence-electron chi connectivity index (χ3n) is 4.88. The quantitative estimate of drug-likeness (QED) is 0.837. The molecule has 0 spiro atoms. The van der Waals surface area contributed by atoms with Gasteiger partial charge in [-0.05, 0) is 51.6 Å². The Hall–Kier alpha value is -1.55. The molecule has 1 amide bonds. The van der Waals surface area contributed by atoms with Crippen LogP contribution in [0.2, 0.25) is 0 Å². The second-order valence-corrected chi connectivity index (χ2v) is 6.74. The number of ether oxygens (including phenoxy) is 1. The zero-order valence-corrected chi connectivity index (χ0v) is 14.7. The van der Waals surface area contributed by atoms with E-state index in [-0.39, 0.29) is 11.4 Å². The lowest BCUT2D eigenvalue weighted by Crippen LogP contribution is -2.53. The lowest BCUT2D eigenvalue weighted by molar-refractivity contribution is 0.0799. The lowest BCUT2D eigenvalue weighted by atomic mass is 9.80. The van der Waals surface area contributed by atoms with Crippen LogP contribution in [-0.2, 0) is 0 Å². The van der Waals surface area contributed by atoms with Crippen LogP contribution < -0.4 is 10.1 Å². The minimum atomic E-state index is -0.0150. The molecule has 0 bridgehead atoms. The van der Waals surface area contributed by atoms with Crippen molar-refractivity contribution < 1.29 is 9.53 Å². The van der Waals surface area contributed by atoms with Gasteiger partial charge in [0.05, 0.1) is 6.61 Å². The molecule has 1 aliphatic rings. The lowest BCUT2D eigenvalue weighted by Gasteiger charge is -2.43. The van der Waals surface area contributed by atoms with E-state index in [1.54, 1.807) is 0 Å². The van der Waals surface area contributed by atoms with Crippen LogP contribution in [0.15, 0.2) is 24.3 Å². The largest absolute Gasteiger partial charge is 0.494 e. The van der Waals surface area contributed by atoms with Gasteiger partial charge in [-0.2, -0.15) is 0 Å². The summed E-state index contributed by atoms with van der Waals surface area (Å²) < 4.78 is 5.61. The van der Waals surface area contributed by atoms with Crippen molar-refractivity contribution >= 4 is 5.91 Å². The normalized spacial score (nSPS) is 17.0. The van der Waals surface area contributed by atoms with Crippen molar-refractivity contribution in [1.82, 2.24) is 10.2 Å². The van der Waals surface area contributed by atoms with Crippen molar-refractivity contribution in [3.63, 3.8) is 0 Å². The van der Waals surface area contributed by atoms with Crippen LogP contribution in [-0.4, -0.2) is 43.6 Å². The molecular formula is C19H30N2O2. The maximum Gasteiger partial charge on any atom is 0.251 e. The highest BCUT2D eigenvalue weighted by Gasteiger charge is 2.34. The number of benzene rings is 1. The molecule has 1 aliphatic carbocycles. The molecule has 0 saturated heterocycles. The summed E-state index contributed by atoms with van der Waals surface area (Å²) in [5, 5.41) is 3.14. The van der Waals surface area contributed by atoms with Gasteiger partial charge in [0.15, 0.2) is 0 Å². The smallest absolute Gasteiger partial charge is 0.251 e. The number of nitrogens with zero attached hydrogens (tertiary/aromatic N) is 1. The van der Waals surface area contributed by atoms with Gasteiger partial charge < -0.3 is 15.0 Å². The maximum atomic E-state index is 12.5. The SMILES string of the molecule is CCCOc1cccc(C(=O)NCC2(N(C)C)CCCCC2)c1. The van der Waals surface area contributed by atoms with Gasteiger partial charge in [-0.15, -0.1) is 0 Å². The fraction of sp³-hybridized carbons (Fsp3) is 0.632. The summed E-state index contributed by atoms with van der Waals surface area (Å²) in [6.45, 7) is 3.45. The van der Waals surface area contributed by atoms with Crippen molar-refractivity contribution in [1.29, 1.82) is 0 Å². The molecule has 0 aliphatic heterocycles. The molecule has 0 atom stereocenters. The Balaban J connectivity index is 1.98. The first kappa shape index (κ1) is 17.8. The summed E-state index contributed by atoms with van der Waals surface area (Å²) in [4.78, 5) is 14.8. The number of hydrogen-bond acceptors (Lipinski definition) is 3. The van der Waals surface area contributed by atoms with Crippen LogP contribution in [0.4, 0.5) is 0 Å². The Morgan fingerprint density at radius 2 is 2.00 bits per heavy atom. The molecule has 1 aromatic carbocycles. The molecule has 4 nitrogen and oxygen atoms in total. The van der Waals surface area contributed by atoms with E-state index in [9.17, 15) is 4.79 Å². The number of hydrogen-bond donors (Lipinski definition) is 1. The molecule has 0 heterocycles. The third-order valence-corrected chi connectivity index (χ3v) is 4.88. The van der Waals surface area contributed by atoms with E-state index in [4.69, 9.17) is 4.74 Å². The van der Waals surface area contributed by atoms with Crippen LogP contribution in [0.5, 0.6) is 5.75 Å². The number of likely N-dealkylation sites (N-methyl/N-ethyl adjacent to an activating group) is 1. The van der Waals surface area contributed by atoms with Crippen LogP contribution in [0, 0.1) is 0 Å². The van der Waals surface area contributed by atoms with E-state index in [1.165, 1.54) is 19.3 Å². The summed E-state index contributed by atoms with van der Waals surface area (Å²) in [6.07, 6.45) is 7.06. The van der Waals surface area contributed by atoms with E-state index >= 15 is 0 Å². The average molecular weight is 318 g/mol. The molecule has 1 saturated carbocycles. The van der Waals surface area contributed by atoms with Gasteiger partial charge in [0.25, 0.3) is 5.91 Å². The van der Waals surface area contributed by atoms with E-state index in [1.807, 2.05) is 24.3 Å². The Morgan fingerprint density at radius 1 is 1.26 bits per heavy atom. The molecule has 0 radical (unpaired) electrons. The summed E-state index contributed by atoms with van der Waals surface area (Å²) in [6, 6.07) is 7.45. The van der Waals surface area contributed by atoms with Gasteiger partial charge in [0, 0.05) is 17.6 Å². The third kappa shape index (κ3) is 4.71. The van der Waals surface area contributed by atoms with Crippen LogP contribution in [0.3, 0.4) is 0 Å². The zero-order chi connectivity index (χ0) is 16.7. The van der Waals surface area contributed by atoms with Gasteiger partial charge in [-0.3, -0.25) is 4.79 Å². The Labute approximate surface area is 140 Å². The van der Waals surface area contributed by atoms with E-state index in [2.05, 4.69) is 31.2 Å². The van der Waals surface area contributed by atoms with Crippen molar-refractivity contribution in [2.24, 2.45) is 0 Å². The number of amides is 1. The Morgan fingerprint density at radius 3 is 2.65 bits per heavy atom. The molecule has 1 aromatic rings. The van der Waals surface area contributed by atoms with Crippen LogP contribution in [0.25, 0.3) is 0 Å². The first-order valence-electron chi connectivity index (χ1n) is 8.76. The molecule has 1 fully saturated rings. The van der Waals surface area contributed by atoms with E-state index < -0.39 is 0 Å². The molecular weight excluding hydrogens is 288 g/mol. The monoisotopic (exact) mass is 318 g/mol. The second kappa shape index (κ2) is 8.34. The zero-order valence-electron chi connectivity index (χ0n) is 14.7. The van der Waals surface area contributed by atoms with E-state index in [0.29, 0.717) is 18.7 Å². The van der Waals surface area contributed by atoms with Crippen molar-refractivity contribution in [2.45, 2.75) is 51.0 Å². The summed E-state index contributed by atoms with van der Waals surface area (Å²) >= 11 is 0. The van der Waals surface area contributed by atoms with Gasteiger partial charge in [0.1, 0.15) is 5.75 Å². The van der Waals surface area contributed by atoms with Crippen LogP contribution in [0.1, 0.15) is 55.8 Å². The number of carbonyl (C=O) groups is 1. The number of rotatable bonds is 7. The van der Waals surface area contributed by atoms with Gasteiger partial charge in [-0.1, -0.05) is 32.3 Å². The average Bonchev–Trinajstić information content (AvgIpc) is 2.58. The first-order chi connectivity index (χ1) is 11.1. The molecule has 0 unspecified atom stereocenters. The van der Waals surface area contributed by atoms with Gasteiger partial charge >= 0.3 is 0 Å². The predicted octanol–water partition coefficient (Wildman–Crippen LogP) is 3.47. The highest BCUT2D eigenvalue weighted by molar-refractivity contribution is 5.94. The molecule has 1 N–H and O–H groups in total. The van der Waals surface area contributed by atoms with E-state index in [0.717, 1.165) is 25.0 Å². The van der Waals surface area contributed by atoms with Crippen molar-refractivity contribution in [3.05, 3.63) is 29.8 Å². The first-order valence-corrected chi connectivity index (χ1v) is 8.76. The predicted molar refractivity (Wildman–Crippen MR) is 94.1 cm³/mol. The minimum absolute atomic E-state index is 0.0150. The standard InChI is InChI=1S/C19H30N2O2/c1-4-13-23-17-10-8-9-16(14-17)18(22)20-15-19(21(2)3)11-6-5-7-12-19/h8-10,14H,4-7,11-13,15H2,1-3H3,(H,20,22). The summed E-state index contributed by atoms with van der Waals surface area (Å²) in [5.74, 6) is 0.748.